The first-order valence-electron chi connectivity index (χ1n) is 4.19. The van der Waals surface area contributed by atoms with Gasteiger partial charge in [-0.15, -0.1) is 0 Å². The van der Waals surface area contributed by atoms with Gasteiger partial charge in [0, 0.05) is 12.1 Å². The Morgan fingerprint density at radius 2 is 2.20 bits per heavy atom. The van der Waals surface area contributed by atoms with Crippen molar-refractivity contribution in [1.29, 1.82) is 0 Å². The van der Waals surface area contributed by atoms with E-state index in [2.05, 4.69) is 11.9 Å². The molecular formula is C8H15NO. The van der Waals surface area contributed by atoms with E-state index in [1.54, 1.807) is 0 Å². The molecule has 3 atom stereocenters. The molecule has 0 saturated carbocycles. The summed E-state index contributed by atoms with van der Waals surface area (Å²) in [6.07, 6.45) is 4.80. The lowest BCUT2D eigenvalue weighted by molar-refractivity contribution is 0.103. The maximum atomic E-state index is 9.53. The van der Waals surface area contributed by atoms with Crippen LogP contribution in [0.25, 0.3) is 0 Å². The molecule has 2 aliphatic rings. The number of rotatable bonds is 0. The Bertz CT molecular complexity index is 137. The van der Waals surface area contributed by atoms with E-state index in [4.69, 9.17) is 0 Å². The zero-order valence-corrected chi connectivity index (χ0v) is 6.45. The van der Waals surface area contributed by atoms with Gasteiger partial charge in [-0.05, 0) is 26.3 Å². The van der Waals surface area contributed by atoms with Gasteiger partial charge >= 0.3 is 0 Å². The number of aliphatic hydroxyl groups is 1. The molecule has 0 spiro atoms. The summed E-state index contributed by atoms with van der Waals surface area (Å²) in [6.45, 7) is 0. The van der Waals surface area contributed by atoms with Crippen molar-refractivity contribution in [3.8, 4) is 0 Å². The third-order valence-electron chi connectivity index (χ3n) is 3.09. The van der Waals surface area contributed by atoms with Gasteiger partial charge in [-0.3, -0.25) is 4.90 Å². The number of likely N-dealkylation sites (N-methyl/N-ethyl adjacent to an activating group) is 1. The van der Waals surface area contributed by atoms with Crippen molar-refractivity contribution in [3.05, 3.63) is 0 Å². The predicted molar refractivity (Wildman–Crippen MR) is 39.8 cm³/mol. The molecule has 2 aliphatic heterocycles. The van der Waals surface area contributed by atoms with Crippen molar-refractivity contribution < 1.29 is 5.11 Å². The standard InChI is InChI=1S/C8H15NO/c1-9-6-3-2-4-7(9)8(10)5-6/h6-8,10H,2-5H2,1H3/t6-,7+,8-/m1/s1. The molecule has 2 heterocycles. The van der Waals surface area contributed by atoms with Crippen LogP contribution >= 0.6 is 0 Å². The van der Waals surface area contributed by atoms with E-state index in [1.807, 2.05) is 0 Å². The second kappa shape index (κ2) is 2.21. The molecule has 0 amide bonds. The minimum Gasteiger partial charge on any atom is -0.391 e. The van der Waals surface area contributed by atoms with Crippen LogP contribution in [-0.2, 0) is 0 Å². The van der Waals surface area contributed by atoms with E-state index in [0.717, 1.165) is 6.42 Å². The summed E-state index contributed by atoms with van der Waals surface area (Å²) < 4.78 is 0. The molecule has 2 bridgehead atoms. The van der Waals surface area contributed by atoms with E-state index in [1.165, 1.54) is 19.3 Å². The van der Waals surface area contributed by atoms with Gasteiger partial charge in [0.1, 0.15) is 0 Å². The van der Waals surface area contributed by atoms with E-state index < -0.39 is 0 Å². The van der Waals surface area contributed by atoms with Crippen LogP contribution in [0.3, 0.4) is 0 Å². The van der Waals surface area contributed by atoms with Crippen molar-refractivity contribution in [1.82, 2.24) is 4.90 Å². The quantitative estimate of drug-likeness (QED) is 0.534. The minimum absolute atomic E-state index is 0.0301. The number of hydrogen-bond donors (Lipinski definition) is 1. The van der Waals surface area contributed by atoms with Crippen LogP contribution in [0.2, 0.25) is 0 Å². The summed E-state index contributed by atoms with van der Waals surface area (Å²) in [5.41, 5.74) is 0. The lowest BCUT2D eigenvalue weighted by atomic mass is 10.0. The second-order valence-electron chi connectivity index (χ2n) is 3.62. The Hall–Kier alpha value is -0.0800. The average Bonchev–Trinajstić information content (AvgIpc) is 2.16. The molecule has 0 aromatic carbocycles. The molecule has 0 aliphatic carbocycles. The number of hydrogen-bond acceptors (Lipinski definition) is 2. The molecule has 10 heavy (non-hydrogen) atoms. The Balaban J connectivity index is 2.14. The maximum Gasteiger partial charge on any atom is 0.0710 e. The van der Waals surface area contributed by atoms with E-state index in [-0.39, 0.29) is 6.10 Å². The zero-order chi connectivity index (χ0) is 7.14. The van der Waals surface area contributed by atoms with E-state index >= 15 is 0 Å². The summed E-state index contributed by atoms with van der Waals surface area (Å²) in [5, 5.41) is 9.53. The molecular weight excluding hydrogens is 126 g/mol. The number of fused-ring (bicyclic) bond motifs is 2. The van der Waals surface area contributed by atoms with Crippen molar-refractivity contribution in [2.75, 3.05) is 7.05 Å². The van der Waals surface area contributed by atoms with Gasteiger partial charge in [0.2, 0.25) is 0 Å². The largest absolute Gasteiger partial charge is 0.391 e. The van der Waals surface area contributed by atoms with E-state index in [0.29, 0.717) is 12.1 Å². The molecule has 0 radical (unpaired) electrons. The fourth-order valence-electron chi connectivity index (χ4n) is 2.42. The van der Waals surface area contributed by atoms with Crippen LogP contribution in [0.1, 0.15) is 25.7 Å². The third kappa shape index (κ3) is 0.789. The monoisotopic (exact) mass is 141 g/mol. The minimum atomic E-state index is -0.0301. The third-order valence-corrected chi connectivity index (χ3v) is 3.09. The molecule has 2 fully saturated rings. The van der Waals surface area contributed by atoms with Crippen LogP contribution in [-0.4, -0.2) is 35.2 Å². The van der Waals surface area contributed by atoms with E-state index in [9.17, 15) is 5.11 Å². The highest BCUT2D eigenvalue weighted by molar-refractivity contribution is 4.95. The molecule has 0 aromatic heterocycles. The summed E-state index contributed by atoms with van der Waals surface area (Å²) in [4.78, 5) is 2.36. The molecule has 2 rings (SSSR count). The molecule has 1 N–H and O–H groups in total. The van der Waals surface area contributed by atoms with Crippen LogP contribution in [0, 0.1) is 0 Å². The predicted octanol–water partition coefficient (Wildman–Crippen LogP) is 0.604. The van der Waals surface area contributed by atoms with Gasteiger partial charge in [0.25, 0.3) is 0 Å². The van der Waals surface area contributed by atoms with Crippen LogP contribution in [0.5, 0.6) is 0 Å². The average molecular weight is 141 g/mol. The summed E-state index contributed by atoms with van der Waals surface area (Å²) in [7, 11) is 2.14. The van der Waals surface area contributed by atoms with Crippen LogP contribution < -0.4 is 0 Å². The molecule has 0 aromatic rings. The number of nitrogens with zero attached hydrogens (tertiary/aromatic N) is 1. The first-order valence-corrected chi connectivity index (χ1v) is 4.19. The molecule has 2 saturated heterocycles. The Labute approximate surface area is 61.8 Å². The maximum absolute atomic E-state index is 9.53. The van der Waals surface area contributed by atoms with Crippen molar-refractivity contribution in [3.63, 3.8) is 0 Å². The van der Waals surface area contributed by atoms with Crippen LogP contribution in [0.4, 0.5) is 0 Å². The Kier molecular flexibility index (Phi) is 1.46. The van der Waals surface area contributed by atoms with Crippen LogP contribution in [0.15, 0.2) is 0 Å². The SMILES string of the molecule is CN1[C@@H]2CCC[C@H]1[C@H](O)C2. The number of aliphatic hydroxyl groups excluding tert-OH is 1. The molecule has 0 unspecified atom stereocenters. The van der Waals surface area contributed by atoms with Gasteiger partial charge < -0.3 is 5.11 Å². The fraction of sp³-hybridized carbons (Fsp3) is 1.00. The topological polar surface area (TPSA) is 23.5 Å². The van der Waals surface area contributed by atoms with Crippen molar-refractivity contribution in [2.45, 2.75) is 43.9 Å². The smallest absolute Gasteiger partial charge is 0.0710 e. The first kappa shape index (κ1) is 6.62. The Morgan fingerprint density at radius 1 is 1.40 bits per heavy atom. The first-order chi connectivity index (χ1) is 4.79. The number of piperidine rings is 1. The van der Waals surface area contributed by atoms with Gasteiger partial charge in [-0.1, -0.05) is 6.42 Å². The lowest BCUT2D eigenvalue weighted by Crippen LogP contribution is -2.38. The van der Waals surface area contributed by atoms with Gasteiger partial charge in [0.05, 0.1) is 6.10 Å². The van der Waals surface area contributed by atoms with Crippen molar-refractivity contribution >= 4 is 0 Å². The fourth-order valence-corrected chi connectivity index (χ4v) is 2.42. The molecule has 58 valence electrons. The van der Waals surface area contributed by atoms with Gasteiger partial charge in [-0.25, -0.2) is 0 Å². The van der Waals surface area contributed by atoms with Gasteiger partial charge in [-0.2, -0.15) is 0 Å². The zero-order valence-electron chi connectivity index (χ0n) is 6.45. The second-order valence-corrected chi connectivity index (χ2v) is 3.62. The van der Waals surface area contributed by atoms with Gasteiger partial charge in [0.15, 0.2) is 0 Å². The lowest BCUT2D eigenvalue weighted by Gasteiger charge is -2.30. The summed E-state index contributed by atoms with van der Waals surface area (Å²) >= 11 is 0. The van der Waals surface area contributed by atoms with Crippen molar-refractivity contribution in [2.24, 2.45) is 0 Å². The molecule has 2 nitrogen and oxygen atoms in total. The molecule has 2 heteroatoms. The summed E-state index contributed by atoms with van der Waals surface area (Å²) in [5.74, 6) is 0. The highest BCUT2D eigenvalue weighted by atomic mass is 16.3. The summed E-state index contributed by atoms with van der Waals surface area (Å²) in [6, 6.07) is 1.17. The highest BCUT2D eigenvalue weighted by Crippen LogP contribution is 2.33. The Morgan fingerprint density at radius 3 is 2.80 bits per heavy atom. The normalized spacial score (nSPS) is 48.0. The highest BCUT2D eigenvalue weighted by Gasteiger charge is 2.40.